The largest absolute Gasteiger partial charge is 0.423 e. The van der Waals surface area contributed by atoms with E-state index in [2.05, 4.69) is 15.1 Å². The minimum absolute atomic E-state index is 0.0409. The molecule has 1 fully saturated rings. The molecule has 0 atom stereocenters. The number of nitrogens with one attached hydrogen (secondary N) is 1. The Morgan fingerprint density at radius 2 is 1.77 bits per heavy atom. The maximum absolute atomic E-state index is 12.5. The van der Waals surface area contributed by atoms with Gasteiger partial charge >= 0.3 is 5.63 Å². The second kappa shape index (κ2) is 9.22. The lowest BCUT2D eigenvalue weighted by atomic mass is 10.1. The maximum Gasteiger partial charge on any atom is 0.336 e. The van der Waals surface area contributed by atoms with Gasteiger partial charge in [-0.25, -0.2) is 4.79 Å². The molecule has 1 amide bonds. The normalized spacial score (nSPS) is 15.3. The van der Waals surface area contributed by atoms with Crippen LogP contribution < -0.4 is 10.9 Å². The zero-order chi connectivity index (χ0) is 22.0. The van der Waals surface area contributed by atoms with Crippen molar-refractivity contribution >= 4 is 34.2 Å². The van der Waals surface area contributed by atoms with E-state index >= 15 is 0 Å². The Balaban J connectivity index is 1.34. The predicted octanol–water partition coefficient (Wildman–Crippen LogP) is 3.82. The molecule has 1 aliphatic heterocycles. The molecule has 6 nitrogen and oxygen atoms in total. The van der Waals surface area contributed by atoms with Crippen molar-refractivity contribution in [3.05, 3.63) is 74.6 Å². The summed E-state index contributed by atoms with van der Waals surface area (Å²) in [7, 11) is 0. The van der Waals surface area contributed by atoms with Gasteiger partial charge in [-0.15, -0.1) is 0 Å². The molecule has 4 rings (SSSR count). The van der Waals surface area contributed by atoms with Gasteiger partial charge in [0.05, 0.1) is 6.54 Å². The van der Waals surface area contributed by atoms with Crippen LogP contribution in [0.4, 0.5) is 5.69 Å². The van der Waals surface area contributed by atoms with Gasteiger partial charge in [0.1, 0.15) is 5.58 Å². The number of piperazine rings is 1. The van der Waals surface area contributed by atoms with Crippen molar-refractivity contribution in [2.45, 2.75) is 20.4 Å². The third-order valence-corrected chi connectivity index (χ3v) is 5.92. The number of anilines is 1. The lowest BCUT2D eigenvalue weighted by Gasteiger charge is -2.34. The Bertz CT molecular complexity index is 1170. The van der Waals surface area contributed by atoms with Crippen LogP contribution in [0.1, 0.15) is 16.7 Å². The Hall–Kier alpha value is -2.67. The van der Waals surface area contributed by atoms with Gasteiger partial charge in [-0.2, -0.15) is 0 Å². The summed E-state index contributed by atoms with van der Waals surface area (Å²) in [4.78, 5) is 28.9. The first kappa shape index (κ1) is 21.6. The number of carbonyl (C=O) groups is 1. The van der Waals surface area contributed by atoms with Crippen molar-refractivity contribution in [1.29, 1.82) is 0 Å². The third kappa shape index (κ3) is 5.34. The Labute approximate surface area is 186 Å². The number of carbonyl (C=O) groups excluding carboxylic acids is 1. The molecule has 7 heteroatoms. The molecule has 0 unspecified atom stereocenters. The van der Waals surface area contributed by atoms with Crippen molar-refractivity contribution in [1.82, 2.24) is 9.80 Å². The summed E-state index contributed by atoms with van der Waals surface area (Å²) < 4.78 is 5.36. The fourth-order valence-electron chi connectivity index (χ4n) is 3.94. The van der Waals surface area contributed by atoms with Crippen LogP contribution in [0.15, 0.2) is 51.7 Å². The number of amides is 1. The Kier molecular flexibility index (Phi) is 6.41. The fraction of sp³-hybridized carbons (Fsp3) is 0.333. The zero-order valence-electron chi connectivity index (χ0n) is 17.8. The van der Waals surface area contributed by atoms with E-state index in [4.69, 9.17) is 16.0 Å². The van der Waals surface area contributed by atoms with E-state index in [9.17, 15) is 9.59 Å². The van der Waals surface area contributed by atoms with Crippen LogP contribution in [0.3, 0.4) is 0 Å². The number of hydrogen-bond donors (Lipinski definition) is 1. The van der Waals surface area contributed by atoms with Crippen LogP contribution in [-0.4, -0.2) is 48.4 Å². The average molecular weight is 440 g/mol. The van der Waals surface area contributed by atoms with Crippen LogP contribution in [-0.2, 0) is 11.3 Å². The molecule has 2 heterocycles. The molecule has 0 spiro atoms. The van der Waals surface area contributed by atoms with E-state index in [1.807, 2.05) is 44.2 Å². The minimum Gasteiger partial charge on any atom is -0.423 e. The maximum atomic E-state index is 12.5. The molecule has 2 aromatic carbocycles. The van der Waals surface area contributed by atoms with E-state index in [0.29, 0.717) is 23.7 Å². The fourth-order valence-corrected chi connectivity index (χ4v) is 4.11. The van der Waals surface area contributed by atoms with Crippen LogP contribution in [0.25, 0.3) is 11.0 Å². The van der Waals surface area contributed by atoms with Crippen molar-refractivity contribution in [2.75, 3.05) is 38.0 Å². The minimum atomic E-state index is -0.320. The molecule has 0 saturated carbocycles. The highest BCUT2D eigenvalue weighted by molar-refractivity contribution is 6.31. The Morgan fingerprint density at radius 1 is 1.03 bits per heavy atom. The molecule has 0 bridgehead atoms. The first-order valence-electron chi connectivity index (χ1n) is 10.4. The first-order chi connectivity index (χ1) is 14.9. The predicted molar refractivity (Wildman–Crippen MR) is 124 cm³/mol. The van der Waals surface area contributed by atoms with Gasteiger partial charge in [0.15, 0.2) is 0 Å². The van der Waals surface area contributed by atoms with Gasteiger partial charge in [0.2, 0.25) is 5.91 Å². The van der Waals surface area contributed by atoms with Crippen molar-refractivity contribution in [3.8, 4) is 0 Å². The molecular formula is C24H26ClN3O3. The van der Waals surface area contributed by atoms with Crippen LogP contribution >= 0.6 is 11.6 Å². The highest BCUT2D eigenvalue weighted by atomic mass is 35.5. The molecule has 1 aromatic heterocycles. The molecule has 1 aliphatic rings. The van der Waals surface area contributed by atoms with Gasteiger partial charge < -0.3 is 9.73 Å². The highest BCUT2D eigenvalue weighted by Gasteiger charge is 2.20. The summed E-state index contributed by atoms with van der Waals surface area (Å²) in [5, 5.41) is 4.54. The number of nitrogens with zero attached hydrogens (tertiary/aromatic N) is 2. The first-order valence-corrected chi connectivity index (χ1v) is 10.8. The van der Waals surface area contributed by atoms with E-state index in [-0.39, 0.29) is 11.5 Å². The lowest BCUT2D eigenvalue weighted by molar-refractivity contribution is -0.117. The van der Waals surface area contributed by atoms with Crippen molar-refractivity contribution in [2.24, 2.45) is 0 Å². The standard InChI is InChI=1S/C24H26ClN3O3/c1-16-3-6-20-18(12-24(30)31-22(20)11-16)14-27-7-9-28(10-8-27)15-23(29)26-21-13-19(25)5-4-17(21)2/h3-6,11-13H,7-10,14-15H2,1-2H3,(H,26,29). The van der Waals surface area contributed by atoms with Gasteiger partial charge in [0.25, 0.3) is 0 Å². The molecular weight excluding hydrogens is 414 g/mol. The van der Waals surface area contributed by atoms with E-state index < -0.39 is 0 Å². The van der Waals surface area contributed by atoms with E-state index in [1.165, 1.54) is 0 Å². The van der Waals surface area contributed by atoms with Gasteiger partial charge in [-0.05, 0) is 48.7 Å². The number of hydrogen-bond acceptors (Lipinski definition) is 5. The van der Waals surface area contributed by atoms with Crippen LogP contribution in [0, 0.1) is 13.8 Å². The summed E-state index contributed by atoms with van der Waals surface area (Å²) in [5.74, 6) is -0.0409. The molecule has 162 valence electrons. The van der Waals surface area contributed by atoms with E-state index in [0.717, 1.165) is 53.9 Å². The SMILES string of the molecule is Cc1ccc2c(CN3CCN(CC(=O)Nc4cc(Cl)ccc4C)CC3)cc(=O)oc2c1. The number of aryl methyl sites for hydroxylation is 2. The van der Waals surface area contributed by atoms with Gasteiger partial charge in [0, 0.05) is 54.9 Å². The molecule has 31 heavy (non-hydrogen) atoms. The summed E-state index contributed by atoms with van der Waals surface area (Å²) >= 11 is 6.04. The second-order valence-electron chi connectivity index (χ2n) is 8.15. The summed E-state index contributed by atoms with van der Waals surface area (Å²) in [6, 6.07) is 13.0. The lowest BCUT2D eigenvalue weighted by Crippen LogP contribution is -2.48. The van der Waals surface area contributed by atoms with E-state index in [1.54, 1.807) is 12.1 Å². The summed E-state index contributed by atoms with van der Waals surface area (Å²) in [5.41, 5.74) is 4.09. The quantitative estimate of drug-likeness (QED) is 0.612. The average Bonchev–Trinajstić information content (AvgIpc) is 2.71. The monoisotopic (exact) mass is 439 g/mol. The number of rotatable bonds is 5. The third-order valence-electron chi connectivity index (χ3n) is 5.69. The highest BCUT2D eigenvalue weighted by Crippen LogP contribution is 2.21. The van der Waals surface area contributed by atoms with Crippen LogP contribution in [0.2, 0.25) is 5.02 Å². The number of fused-ring (bicyclic) bond motifs is 1. The van der Waals surface area contributed by atoms with Crippen LogP contribution in [0.5, 0.6) is 0 Å². The molecule has 1 saturated heterocycles. The number of benzene rings is 2. The summed E-state index contributed by atoms with van der Waals surface area (Å²) in [6.07, 6.45) is 0. The molecule has 1 N–H and O–H groups in total. The van der Waals surface area contributed by atoms with Crippen molar-refractivity contribution in [3.63, 3.8) is 0 Å². The second-order valence-corrected chi connectivity index (χ2v) is 8.59. The molecule has 3 aromatic rings. The Morgan fingerprint density at radius 3 is 2.55 bits per heavy atom. The van der Waals surface area contributed by atoms with Crippen molar-refractivity contribution < 1.29 is 9.21 Å². The summed E-state index contributed by atoms with van der Waals surface area (Å²) in [6.45, 7) is 8.20. The number of halogens is 1. The van der Waals surface area contributed by atoms with Gasteiger partial charge in [-0.3, -0.25) is 14.6 Å². The molecule has 0 aliphatic carbocycles. The molecule has 0 radical (unpaired) electrons. The van der Waals surface area contributed by atoms with Gasteiger partial charge in [-0.1, -0.05) is 29.8 Å². The topological polar surface area (TPSA) is 65.8 Å². The zero-order valence-corrected chi connectivity index (χ0v) is 18.5. The smallest absolute Gasteiger partial charge is 0.336 e.